The maximum Gasteiger partial charge on any atom is 0.266 e. The molecule has 0 unspecified atom stereocenters. The van der Waals surface area contributed by atoms with Gasteiger partial charge < -0.3 is 5.32 Å². The summed E-state index contributed by atoms with van der Waals surface area (Å²) in [6, 6.07) is 18.8. The van der Waals surface area contributed by atoms with E-state index >= 15 is 0 Å². The summed E-state index contributed by atoms with van der Waals surface area (Å²) < 4.78 is 0. The van der Waals surface area contributed by atoms with E-state index in [1.54, 1.807) is 72.9 Å². The standard InChI is InChI=1S/C21H15N3O3/c25-19(23-18-7-3-4-12-22-18)13-14-8-10-15(11-9-14)24-20(26)16-5-1-2-6-17(16)21(24)27/h1-12H,13H2,(H,22,23,25). The number of rotatable bonds is 4. The lowest BCUT2D eigenvalue weighted by Crippen LogP contribution is -2.29. The second-order valence-corrected chi connectivity index (χ2v) is 6.10. The first-order valence-corrected chi connectivity index (χ1v) is 8.41. The Morgan fingerprint density at radius 3 is 2.07 bits per heavy atom. The Morgan fingerprint density at radius 2 is 1.48 bits per heavy atom. The van der Waals surface area contributed by atoms with Gasteiger partial charge in [-0.05, 0) is 42.0 Å². The van der Waals surface area contributed by atoms with Crippen LogP contribution in [0.5, 0.6) is 0 Å². The second-order valence-electron chi connectivity index (χ2n) is 6.10. The first kappa shape index (κ1) is 16.7. The molecule has 4 rings (SSSR count). The molecule has 2 aromatic carbocycles. The fourth-order valence-electron chi connectivity index (χ4n) is 3.00. The fourth-order valence-corrected chi connectivity index (χ4v) is 3.00. The van der Waals surface area contributed by atoms with Crippen molar-refractivity contribution in [2.75, 3.05) is 10.2 Å². The van der Waals surface area contributed by atoms with Crippen LogP contribution in [0.15, 0.2) is 72.9 Å². The fraction of sp³-hybridized carbons (Fsp3) is 0.0476. The van der Waals surface area contributed by atoms with E-state index in [2.05, 4.69) is 10.3 Å². The van der Waals surface area contributed by atoms with Gasteiger partial charge in [0.25, 0.3) is 11.8 Å². The van der Waals surface area contributed by atoms with Crippen molar-refractivity contribution in [3.8, 4) is 0 Å². The van der Waals surface area contributed by atoms with Gasteiger partial charge in [0, 0.05) is 6.20 Å². The number of nitrogens with one attached hydrogen (secondary N) is 1. The van der Waals surface area contributed by atoms with Gasteiger partial charge >= 0.3 is 0 Å². The topological polar surface area (TPSA) is 79.4 Å². The van der Waals surface area contributed by atoms with Gasteiger partial charge in [-0.1, -0.05) is 30.3 Å². The zero-order valence-electron chi connectivity index (χ0n) is 14.3. The summed E-state index contributed by atoms with van der Waals surface area (Å²) in [6.07, 6.45) is 1.77. The Hall–Kier alpha value is -3.80. The second kappa shape index (κ2) is 6.84. The molecule has 0 saturated heterocycles. The van der Waals surface area contributed by atoms with Crippen LogP contribution in [-0.4, -0.2) is 22.7 Å². The van der Waals surface area contributed by atoms with Crippen LogP contribution in [0.25, 0.3) is 0 Å². The van der Waals surface area contributed by atoms with Gasteiger partial charge in [-0.25, -0.2) is 9.88 Å². The first-order valence-electron chi connectivity index (χ1n) is 8.41. The third-order valence-corrected chi connectivity index (χ3v) is 4.29. The normalized spacial score (nSPS) is 12.8. The Morgan fingerprint density at radius 1 is 0.852 bits per heavy atom. The molecule has 1 aliphatic heterocycles. The predicted octanol–water partition coefficient (Wildman–Crippen LogP) is 3.06. The highest BCUT2D eigenvalue weighted by Gasteiger charge is 2.36. The van der Waals surface area contributed by atoms with Crippen molar-refractivity contribution in [1.82, 2.24) is 4.98 Å². The van der Waals surface area contributed by atoms with Crippen LogP contribution in [0.3, 0.4) is 0 Å². The smallest absolute Gasteiger partial charge is 0.266 e. The molecular formula is C21H15N3O3. The van der Waals surface area contributed by atoms with Crippen molar-refractivity contribution in [2.24, 2.45) is 0 Å². The van der Waals surface area contributed by atoms with E-state index in [0.717, 1.165) is 10.5 Å². The van der Waals surface area contributed by atoms with E-state index in [9.17, 15) is 14.4 Å². The highest BCUT2D eigenvalue weighted by Crippen LogP contribution is 2.28. The molecule has 0 bridgehead atoms. The van der Waals surface area contributed by atoms with Gasteiger partial charge in [-0.3, -0.25) is 14.4 Å². The number of hydrogen-bond acceptors (Lipinski definition) is 4. The summed E-state index contributed by atoms with van der Waals surface area (Å²) in [5, 5.41) is 2.72. The Labute approximate surface area is 155 Å². The molecule has 1 N–H and O–H groups in total. The Bertz CT molecular complexity index is 995. The summed E-state index contributed by atoms with van der Waals surface area (Å²) >= 11 is 0. The minimum absolute atomic E-state index is 0.166. The lowest BCUT2D eigenvalue weighted by atomic mass is 10.1. The lowest BCUT2D eigenvalue weighted by molar-refractivity contribution is -0.115. The van der Waals surface area contributed by atoms with Crippen molar-refractivity contribution in [3.63, 3.8) is 0 Å². The summed E-state index contributed by atoms with van der Waals surface area (Å²) in [5.41, 5.74) is 2.06. The molecule has 3 amide bonds. The number of carbonyl (C=O) groups excluding carboxylic acids is 3. The number of aromatic nitrogens is 1. The maximum absolute atomic E-state index is 12.5. The summed E-state index contributed by atoms with van der Waals surface area (Å²) in [5.74, 6) is -0.375. The van der Waals surface area contributed by atoms with E-state index in [1.165, 1.54) is 0 Å². The van der Waals surface area contributed by atoms with Gasteiger partial charge in [-0.15, -0.1) is 0 Å². The number of imide groups is 1. The zero-order valence-corrected chi connectivity index (χ0v) is 14.3. The number of carbonyl (C=O) groups is 3. The van der Waals surface area contributed by atoms with Crippen LogP contribution in [0.1, 0.15) is 26.3 Å². The number of fused-ring (bicyclic) bond motifs is 1. The highest BCUT2D eigenvalue weighted by molar-refractivity contribution is 6.34. The van der Waals surface area contributed by atoms with Gasteiger partial charge in [0.15, 0.2) is 0 Å². The molecule has 1 aromatic heterocycles. The largest absolute Gasteiger partial charge is 0.310 e. The van der Waals surface area contributed by atoms with E-state index < -0.39 is 0 Å². The van der Waals surface area contributed by atoms with E-state index in [0.29, 0.717) is 22.6 Å². The summed E-state index contributed by atoms with van der Waals surface area (Å²) in [4.78, 5) is 42.3. The number of nitrogens with zero attached hydrogens (tertiary/aromatic N) is 2. The third kappa shape index (κ3) is 3.20. The number of amides is 3. The Kier molecular flexibility index (Phi) is 4.22. The first-order chi connectivity index (χ1) is 13.1. The Balaban J connectivity index is 1.48. The molecule has 132 valence electrons. The predicted molar refractivity (Wildman–Crippen MR) is 101 cm³/mol. The molecule has 0 radical (unpaired) electrons. The van der Waals surface area contributed by atoms with Crippen LogP contribution in [0.2, 0.25) is 0 Å². The quantitative estimate of drug-likeness (QED) is 0.728. The average Bonchev–Trinajstić information content (AvgIpc) is 2.94. The summed E-state index contributed by atoms with van der Waals surface area (Å²) in [6.45, 7) is 0. The lowest BCUT2D eigenvalue weighted by Gasteiger charge is -2.14. The van der Waals surface area contributed by atoms with Gasteiger partial charge in [-0.2, -0.15) is 0 Å². The van der Waals surface area contributed by atoms with E-state index in [4.69, 9.17) is 0 Å². The monoisotopic (exact) mass is 357 g/mol. The summed E-state index contributed by atoms with van der Waals surface area (Å²) in [7, 11) is 0. The number of anilines is 2. The molecule has 2 heterocycles. The van der Waals surface area contributed by atoms with E-state index in [1.807, 2.05) is 0 Å². The molecule has 0 fully saturated rings. The minimum atomic E-state index is -0.337. The van der Waals surface area contributed by atoms with Crippen LogP contribution in [-0.2, 0) is 11.2 Å². The van der Waals surface area contributed by atoms with Gasteiger partial charge in [0.1, 0.15) is 5.82 Å². The minimum Gasteiger partial charge on any atom is -0.310 e. The molecule has 6 heteroatoms. The number of hydrogen-bond donors (Lipinski definition) is 1. The molecule has 3 aromatic rings. The third-order valence-electron chi connectivity index (χ3n) is 4.29. The van der Waals surface area contributed by atoms with Gasteiger partial charge in [0.05, 0.1) is 23.2 Å². The highest BCUT2D eigenvalue weighted by atomic mass is 16.2. The van der Waals surface area contributed by atoms with Crippen molar-refractivity contribution < 1.29 is 14.4 Å². The molecule has 6 nitrogen and oxygen atoms in total. The molecule has 27 heavy (non-hydrogen) atoms. The molecular weight excluding hydrogens is 342 g/mol. The zero-order chi connectivity index (χ0) is 18.8. The molecule has 1 aliphatic rings. The molecule has 0 saturated carbocycles. The van der Waals surface area contributed by atoms with Crippen molar-refractivity contribution in [3.05, 3.63) is 89.6 Å². The van der Waals surface area contributed by atoms with Crippen LogP contribution < -0.4 is 10.2 Å². The number of benzene rings is 2. The number of pyridine rings is 1. The van der Waals surface area contributed by atoms with Crippen molar-refractivity contribution in [1.29, 1.82) is 0 Å². The average molecular weight is 357 g/mol. The molecule has 0 spiro atoms. The van der Waals surface area contributed by atoms with Crippen LogP contribution >= 0.6 is 0 Å². The van der Waals surface area contributed by atoms with Crippen LogP contribution in [0.4, 0.5) is 11.5 Å². The van der Waals surface area contributed by atoms with Crippen molar-refractivity contribution >= 4 is 29.2 Å². The van der Waals surface area contributed by atoms with Gasteiger partial charge in [0.2, 0.25) is 5.91 Å². The van der Waals surface area contributed by atoms with E-state index in [-0.39, 0.29) is 24.1 Å². The van der Waals surface area contributed by atoms with Crippen molar-refractivity contribution in [2.45, 2.75) is 6.42 Å². The maximum atomic E-state index is 12.5. The molecule has 0 atom stereocenters. The SMILES string of the molecule is O=C(Cc1ccc(N2C(=O)c3ccccc3C2=O)cc1)Nc1ccccn1. The molecule has 0 aliphatic carbocycles. The van der Waals surface area contributed by atoms with Crippen LogP contribution in [0, 0.1) is 0 Å².